The number of nitrogens with zero attached hydrogens (tertiary/aromatic N) is 1. The van der Waals surface area contributed by atoms with E-state index in [9.17, 15) is 27.9 Å². The summed E-state index contributed by atoms with van der Waals surface area (Å²) in [6.45, 7) is 0. The molecule has 9 nitrogen and oxygen atoms in total. The summed E-state index contributed by atoms with van der Waals surface area (Å²) in [4.78, 5) is 35.3. The Labute approximate surface area is 164 Å². The third-order valence-corrected chi connectivity index (χ3v) is 6.00. The van der Waals surface area contributed by atoms with Crippen LogP contribution in [0.25, 0.3) is 0 Å². The molecule has 0 aliphatic carbocycles. The van der Waals surface area contributed by atoms with Crippen molar-refractivity contribution in [3.8, 4) is 5.75 Å². The summed E-state index contributed by atoms with van der Waals surface area (Å²) in [5.41, 5.74) is -0.268. The van der Waals surface area contributed by atoms with E-state index >= 15 is 0 Å². The predicted molar refractivity (Wildman–Crippen MR) is 100 cm³/mol. The van der Waals surface area contributed by atoms with Gasteiger partial charge in [0, 0.05) is 12.1 Å². The van der Waals surface area contributed by atoms with Crippen molar-refractivity contribution in [3.05, 3.63) is 52.5 Å². The Kier molecular flexibility index (Phi) is 5.01. The van der Waals surface area contributed by atoms with Gasteiger partial charge in [-0.15, -0.1) is 0 Å². The topological polar surface area (TPSA) is 141 Å². The number of benzene rings is 2. The number of carbonyl (C=O) groups is 3. The molecule has 0 atom stereocenters. The van der Waals surface area contributed by atoms with Crippen molar-refractivity contribution in [1.29, 1.82) is 0 Å². The van der Waals surface area contributed by atoms with Crippen LogP contribution in [0.2, 0.25) is 5.02 Å². The number of aromatic carboxylic acids is 1. The number of nitrogens with one attached hydrogen (secondary N) is 1. The fraction of sp³-hybridized carbons (Fsp3) is 0.118. The van der Waals surface area contributed by atoms with Crippen LogP contribution in [0, 0.1) is 0 Å². The van der Waals surface area contributed by atoms with Crippen molar-refractivity contribution in [3.63, 3.8) is 0 Å². The maximum absolute atomic E-state index is 12.4. The number of carbonyl (C=O) groups excluding carboxylic acids is 2. The van der Waals surface area contributed by atoms with Gasteiger partial charge in [0.15, 0.2) is 0 Å². The molecule has 11 heteroatoms. The van der Waals surface area contributed by atoms with E-state index in [1.165, 1.54) is 24.3 Å². The van der Waals surface area contributed by atoms with Crippen molar-refractivity contribution in [2.45, 2.75) is 6.42 Å². The quantitative estimate of drug-likeness (QED) is 0.638. The van der Waals surface area contributed by atoms with E-state index in [-0.39, 0.29) is 34.1 Å². The van der Waals surface area contributed by atoms with Gasteiger partial charge < -0.3 is 15.5 Å². The molecule has 146 valence electrons. The standard InChI is InChI=1S/C17H13ClN2O7S/c18-13-8-10(20-15(22)5-6-28(20,26)27)2-3-11(13)16(23)19-9-1-4-14(21)12(7-9)17(24)25/h1-4,7-8,21H,5-6H2,(H,19,23)(H,24,25). The van der Waals surface area contributed by atoms with Gasteiger partial charge in [-0.25, -0.2) is 17.5 Å². The molecule has 0 saturated carbocycles. The molecule has 28 heavy (non-hydrogen) atoms. The lowest BCUT2D eigenvalue weighted by molar-refractivity contribution is -0.116. The van der Waals surface area contributed by atoms with Crippen molar-refractivity contribution in [1.82, 2.24) is 0 Å². The SMILES string of the molecule is O=C(O)c1cc(NC(=O)c2ccc(N3C(=O)CCS3(=O)=O)cc2Cl)ccc1O. The molecule has 1 fully saturated rings. The number of carboxylic acids is 1. The molecule has 3 N–H and O–H groups in total. The normalized spacial score (nSPS) is 15.5. The Balaban J connectivity index is 1.87. The lowest BCUT2D eigenvalue weighted by atomic mass is 10.1. The van der Waals surface area contributed by atoms with Crippen molar-refractivity contribution < 1.29 is 33.0 Å². The second kappa shape index (κ2) is 7.13. The van der Waals surface area contributed by atoms with E-state index < -0.39 is 39.1 Å². The second-order valence-corrected chi connectivity index (χ2v) is 8.22. The zero-order valence-electron chi connectivity index (χ0n) is 14.0. The van der Waals surface area contributed by atoms with E-state index in [1.54, 1.807) is 0 Å². The maximum Gasteiger partial charge on any atom is 0.339 e. The van der Waals surface area contributed by atoms with Crippen molar-refractivity contribution in [2.24, 2.45) is 0 Å². The van der Waals surface area contributed by atoms with Crippen LogP contribution in [0.5, 0.6) is 5.75 Å². The number of rotatable bonds is 4. The molecule has 2 amide bonds. The van der Waals surface area contributed by atoms with E-state index in [4.69, 9.17) is 16.7 Å². The summed E-state index contributed by atoms with van der Waals surface area (Å²) in [5, 5.41) is 20.9. The predicted octanol–water partition coefficient (Wildman–Crippen LogP) is 2.06. The molecule has 3 rings (SSSR count). The van der Waals surface area contributed by atoms with Crippen LogP contribution in [0.3, 0.4) is 0 Å². The molecular formula is C17H13ClN2O7S. The van der Waals surface area contributed by atoms with Gasteiger partial charge in [-0.3, -0.25) is 9.59 Å². The van der Waals surface area contributed by atoms with E-state index in [0.717, 1.165) is 12.1 Å². The van der Waals surface area contributed by atoms with Gasteiger partial charge in [0.25, 0.3) is 5.91 Å². The molecule has 2 aromatic rings. The van der Waals surface area contributed by atoms with Gasteiger partial charge >= 0.3 is 5.97 Å². The minimum absolute atomic E-state index is 0.0144. The van der Waals surface area contributed by atoms with Crippen LogP contribution >= 0.6 is 11.6 Å². The Morgan fingerprint density at radius 3 is 2.39 bits per heavy atom. The smallest absolute Gasteiger partial charge is 0.339 e. The first-order chi connectivity index (χ1) is 13.1. The highest BCUT2D eigenvalue weighted by molar-refractivity contribution is 7.94. The average Bonchev–Trinajstić information content (AvgIpc) is 2.88. The number of carboxylic acid groups (broad SMARTS) is 1. The first kappa shape index (κ1) is 19.6. The van der Waals surface area contributed by atoms with Gasteiger partial charge in [-0.2, -0.15) is 0 Å². The third-order valence-electron chi connectivity index (χ3n) is 4.00. The van der Waals surface area contributed by atoms with Crippen LogP contribution in [0.1, 0.15) is 27.1 Å². The largest absolute Gasteiger partial charge is 0.507 e. The first-order valence-corrected chi connectivity index (χ1v) is 9.82. The van der Waals surface area contributed by atoms with Crippen molar-refractivity contribution in [2.75, 3.05) is 15.4 Å². The molecule has 0 spiro atoms. The minimum atomic E-state index is -3.76. The zero-order chi connectivity index (χ0) is 20.6. The second-order valence-electron chi connectivity index (χ2n) is 5.88. The lowest BCUT2D eigenvalue weighted by Crippen LogP contribution is -2.29. The molecule has 0 radical (unpaired) electrons. The Bertz CT molecular complexity index is 1110. The molecule has 1 aliphatic heterocycles. The summed E-state index contributed by atoms with van der Waals surface area (Å²) >= 11 is 6.09. The molecular weight excluding hydrogens is 412 g/mol. The molecule has 0 aromatic heterocycles. The van der Waals surface area contributed by atoms with E-state index in [1.807, 2.05) is 0 Å². The Hall–Kier alpha value is -3.11. The number of anilines is 2. The fourth-order valence-electron chi connectivity index (χ4n) is 2.67. The number of aromatic hydroxyl groups is 1. The molecule has 1 aliphatic rings. The van der Waals surface area contributed by atoms with E-state index in [0.29, 0.717) is 4.31 Å². The molecule has 1 heterocycles. The molecule has 0 unspecified atom stereocenters. The van der Waals surface area contributed by atoms with Crippen LogP contribution in [-0.4, -0.2) is 42.2 Å². The maximum atomic E-state index is 12.4. The van der Waals surface area contributed by atoms with Gasteiger partial charge in [0.2, 0.25) is 15.9 Å². The zero-order valence-corrected chi connectivity index (χ0v) is 15.6. The monoisotopic (exact) mass is 424 g/mol. The van der Waals surface area contributed by atoms with Gasteiger partial charge in [0.05, 0.1) is 22.0 Å². The number of amides is 2. The highest BCUT2D eigenvalue weighted by atomic mass is 35.5. The number of phenols is 1. The summed E-state index contributed by atoms with van der Waals surface area (Å²) in [7, 11) is -3.76. The summed E-state index contributed by atoms with van der Waals surface area (Å²) in [5.74, 6) is -3.39. The van der Waals surface area contributed by atoms with Gasteiger partial charge in [0.1, 0.15) is 11.3 Å². The van der Waals surface area contributed by atoms with Crippen LogP contribution in [0.15, 0.2) is 36.4 Å². The first-order valence-electron chi connectivity index (χ1n) is 7.83. The highest BCUT2D eigenvalue weighted by Gasteiger charge is 2.36. The van der Waals surface area contributed by atoms with Crippen LogP contribution in [0.4, 0.5) is 11.4 Å². The average molecular weight is 425 g/mol. The van der Waals surface area contributed by atoms with Crippen LogP contribution in [-0.2, 0) is 14.8 Å². The van der Waals surface area contributed by atoms with Crippen molar-refractivity contribution >= 4 is 50.8 Å². The number of sulfonamides is 1. The Morgan fingerprint density at radius 1 is 1.11 bits per heavy atom. The van der Waals surface area contributed by atoms with Crippen LogP contribution < -0.4 is 9.62 Å². The summed E-state index contributed by atoms with van der Waals surface area (Å²) < 4.78 is 24.6. The summed E-state index contributed by atoms with van der Waals surface area (Å²) in [6, 6.07) is 7.22. The molecule has 2 aromatic carbocycles. The van der Waals surface area contributed by atoms with Gasteiger partial charge in [-0.05, 0) is 36.4 Å². The fourth-order valence-corrected chi connectivity index (χ4v) is 4.38. The molecule has 1 saturated heterocycles. The lowest BCUT2D eigenvalue weighted by Gasteiger charge is -2.16. The van der Waals surface area contributed by atoms with E-state index in [2.05, 4.69) is 5.32 Å². The number of hydrogen-bond acceptors (Lipinski definition) is 6. The highest BCUT2D eigenvalue weighted by Crippen LogP contribution is 2.30. The van der Waals surface area contributed by atoms with Gasteiger partial charge in [-0.1, -0.05) is 11.6 Å². The third kappa shape index (κ3) is 3.64. The molecule has 0 bridgehead atoms. The number of halogens is 1. The Morgan fingerprint density at radius 2 is 1.82 bits per heavy atom. The minimum Gasteiger partial charge on any atom is -0.507 e. The number of hydrogen-bond donors (Lipinski definition) is 3. The summed E-state index contributed by atoms with van der Waals surface area (Å²) in [6.07, 6.45) is -0.130.